The molecule has 0 spiro atoms. The number of anilines is 1. The van der Waals surface area contributed by atoms with Crippen molar-refractivity contribution in [3.8, 4) is 0 Å². The topological polar surface area (TPSA) is 88.0 Å². The molecule has 0 bridgehead atoms. The molecule has 0 aromatic carbocycles. The zero-order valence-corrected chi connectivity index (χ0v) is 12.1. The summed E-state index contributed by atoms with van der Waals surface area (Å²) in [6.45, 7) is 4.51. The Hall–Kier alpha value is -2.02. The van der Waals surface area contributed by atoms with Crippen molar-refractivity contribution in [1.82, 2.24) is 19.6 Å². The van der Waals surface area contributed by atoms with Crippen LogP contribution < -0.4 is 5.73 Å². The Morgan fingerprint density at radius 3 is 2.90 bits per heavy atom. The third-order valence-corrected chi connectivity index (χ3v) is 3.26. The predicted molar refractivity (Wildman–Crippen MR) is 74.1 cm³/mol. The molecule has 8 heteroatoms. The van der Waals surface area contributed by atoms with E-state index in [2.05, 4.69) is 10.2 Å². The molecule has 20 heavy (non-hydrogen) atoms. The third-order valence-electron chi connectivity index (χ3n) is 2.77. The fraction of sp³-hybridized carbons (Fsp3) is 0.417. The number of aromatic nitrogens is 4. The zero-order valence-electron chi connectivity index (χ0n) is 11.3. The normalized spacial score (nSPS) is 10.8. The highest BCUT2D eigenvalue weighted by Crippen LogP contribution is 2.21. The highest BCUT2D eigenvalue weighted by molar-refractivity contribution is 6.31. The van der Waals surface area contributed by atoms with E-state index in [1.54, 1.807) is 10.9 Å². The molecule has 2 aromatic heterocycles. The molecule has 0 atom stereocenters. The molecule has 0 aliphatic heterocycles. The summed E-state index contributed by atoms with van der Waals surface area (Å²) in [6, 6.07) is 0. The monoisotopic (exact) mass is 297 g/mol. The first kappa shape index (κ1) is 14.4. The molecular weight excluding hydrogens is 282 g/mol. The lowest BCUT2D eigenvalue weighted by Crippen LogP contribution is -2.15. The van der Waals surface area contributed by atoms with E-state index in [4.69, 9.17) is 22.1 Å². The van der Waals surface area contributed by atoms with Gasteiger partial charge in [-0.05, 0) is 13.8 Å². The van der Waals surface area contributed by atoms with Crippen LogP contribution in [0.5, 0.6) is 0 Å². The Bertz CT molecular complexity index is 619. The number of halogens is 1. The van der Waals surface area contributed by atoms with Crippen molar-refractivity contribution in [3.63, 3.8) is 0 Å². The molecule has 7 nitrogen and oxygen atoms in total. The summed E-state index contributed by atoms with van der Waals surface area (Å²) in [5, 5.41) is 8.70. The van der Waals surface area contributed by atoms with E-state index in [0.29, 0.717) is 22.9 Å². The quantitative estimate of drug-likeness (QED) is 0.843. The molecule has 0 saturated carbocycles. The van der Waals surface area contributed by atoms with Gasteiger partial charge in [-0.1, -0.05) is 11.6 Å². The van der Waals surface area contributed by atoms with Crippen molar-refractivity contribution in [3.05, 3.63) is 28.8 Å². The van der Waals surface area contributed by atoms with Gasteiger partial charge in [-0.2, -0.15) is 10.2 Å². The molecule has 108 valence electrons. The van der Waals surface area contributed by atoms with Gasteiger partial charge in [-0.15, -0.1) is 0 Å². The number of nitrogens with two attached hydrogens (primary N) is 1. The van der Waals surface area contributed by atoms with E-state index in [1.807, 2.05) is 13.8 Å². The standard InChI is InChI=1S/C12H16ClN5O2/c1-3-18-10(12(13)8(2)16-18)7-20-11(19)6-17-5-9(14)4-15-17/h4-5H,3,6-7,14H2,1-2H3. The number of rotatable bonds is 5. The van der Waals surface area contributed by atoms with Crippen molar-refractivity contribution in [1.29, 1.82) is 0 Å². The average molecular weight is 298 g/mol. The second-order valence-electron chi connectivity index (χ2n) is 4.29. The SMILES string of the molecule is CCn1nc(C)c(Cl)c1COC(=O)Cn1cc(N)cn1. The maximum Gasteiger partial charge on any atom is 0.328 e. The van der Waals surface area contributed by atoms with Crippen molar-refractivity contribution in [2.45, 2.75) is 33.5 Å². The summed E-state index contributed by atoms with van der Waals surface area (Å²) in [7, 11) is 0. The Labute approximate surface area is 121 Å². The first-order valence-electron chi connectivity index (χ1n) is 6.16. The number of nitrogens with zero attached hydrogens (tertiary/aromatic N) is 4. The first-order chi connectivity index (χ1) is 9.51. The van der Waals surface area contributed by atoms with Gasteiger partial charge in [0.05, 0.1) is 28.3 Å². The summed E-state index contributed by atoms with van der Waals surface area (Å²) in [5.41, 5.74) is 7.43. The van der Waals surface area contributed by atoms with Crippen LogP contribution in [0.4, 0.5) is 5.69 Å². The van der Waals surface area contributed by atoms with Crippen LogP contribution in [0, 0.1) is 6.92 Å². The van der Waals surface area contributed by atoms with Crippen molar-refractivity contribution < 1.29 is 9.53 Å². The third kappa shape index (κ3) is 3.11. The smallest absolute Gasteiger partial charge is 0.328 e. The van der Waals surface area contributed by atoms with Gasteiger partial charge in [0, 0.05) is 12.7 Å². The number of nitrogen functional groups attached to an aromatic ring is 1. The van der Waals surface area contributed by atoms with E-state index in [9.17, 15) is 4.79 Å². The van der Waals surface area contributed by atoms with Crippen LogP contribution in [0.2, 0.25) is 5.02 Å². The number of hydrogen-bond acceptors (Lipinski definition) is 5. The highest BCUT2D eigenvalue weighted by Gasteiger charge is 2.14. The van der Waals surface area contributed by atoms with Crippen LogP contribution >= 0.6 is 11.6 Å². The van der Waals surface area contributed by atoms with Crippen LogP contribution in [0.3, 0.4) is 0 Å². The van der Waals surface area contributed by atoms with Crippen molar-refractivity contribution in [2.24, 2.45) is 0 Å². The Morgan fingerprint density at radius 2 is 2.30 bits per heavy atom. The predicted octanol–water partition coefficient (Wildman–Crippen LogP) is 1.39. The van der Waals surface area contributed by atoms with Gasteiger partial charge in [-0.25, -0.2) is 0 Å². The Balaban J connectivity index is 1.96. The number of ether oxygens (including phenoxy) is 1. The van der Waals surface area contributed by atoms with E-state index in [0.717, 1.165) is 5.69 Å². The molecule has 0 aliphatic rings. The largest absolute Gasteiger partial charge is 0.458 e. The number of aryl methyl sites for hydroxylation is 2. The average Bonchev–Trinajstić information content (AvgIpc) is 2.92. The van der Waals surface area contributed by atoms with E-state index in [1.165, 1.54) is 10.9 Å². The molecule has 0 radical (unpaired) electrons. The summed E-state index contributed by atoms with van der Waals surface area (Å²) < 4.78 is 8.33. The number of esters is 1. The van der Waals surface area contributed by atoms with Gasteiger partial charge in [0.1, 0.15) is 13.2 Å². The van der Waals surface area contributed by atoms with E-state index < -0.39 is 5.97 Å². The van der Waals surface area contributed by atoms with Gasteiger partial charge >= 0.3 is 5.97 Å². The Kier molecular flexibility index (Phi) is 4.29. The maximum atomic E-state index is 11.7. The van der Waals surface area contributed by atoms with Gasteiger partial charge in [0.2, 0.25) is 0 Å². The van der Waals surface area contributed by atoms with Crippen LogP contribution in [0.1, 0.15) is 18.3 Å². The first-order valence-corrected chi connectivity index (χ1v) is 6.54. The molecule has 0 unspecified atom stereocenters. The number of hydrogen-bond donors (Lipinski definition) is 1. The van der Waals surface area contributed by atoms with Crippen LogP contribution in [0.25, 0.3) is 0 Å². The summed E-state index contributed by atoms with van der Waals surface area (Å²) >= 11 is 6.13. The van der Waals surface area contributed by atoms with E-state index in [-0.39, 0.29) is 13.2 Å². The van der Waals surface area contributed by atoms with Crippen LogP contribution in [-0.4, -0.2) is 25.5 Å². The molecule has 2 rings (SSSR count). The van der Waals surface area contributed by atoms with Gasteiger partial charge in [-0.3, -0.25) is 14.2 Å². The molecule has 0 saturated heterocycles. The summed E-state index contributed by atoms with van der Waals surface area (Å²) in [4.78, 5) is 11.7. The molecule has 2 N–H and O–H groups in total. The lowest BCUT2D eigenvalue weighted by atomic mass is 10.4. The lowest BCUT2D eigenvalue weighted by Gasteiger charge is -2.07. The maximum absolute atomic E-state index is 11.7. The summed E-state index contributed by atoms with van der Waals surface area (Å²) in [5.74, 6) is -0.411. The second-order valence-corrected chi connectivity index (χ2v) is 4.67. The van der Waals surface area contributed by atoms with Crippen LogP contribution in [-0.2, 0) is 29.2 Å². The minimum Gasteiger partial charge on any atom is -0.458 e. The number of carbonyl (C=O) groups is 1. The lowest BCUT2D eigenvalue weighted by molar-refractivity contribution is -0.146. The van der Waals surface area contributed by atoms with Gasteiger partial charge in [0.25, 0.3) is 0 Å². The fourth-order valence-electron chi connectivity index (χ4n) is 1.80. The zero-order chi connectivity index (χ0) is 14.7. The molecule has 0 amide bonds. The minimum atomic E-state index is -0.411. The molecule has 2 aromatic rings. The van der Waals surface area contributed by atoms with Crippen molar-refractivity contribution in [2.75, 3.05) is 5.73 Å². The van der Waals surface area contributed by atoms with Gasteiger partial charge in [0.15, 0.2) is 0 Å². The van der Waals surface area contributed by atoms with Crippen LogP contribution in [0.15, 0.2) is 12.4 Å². The number of carbonyl (C=O) groups excluding carboxylic acids is 1. The molecular formula is C12H16ClN5O2. The fourth-order valence-corrected chi connectivity index (χ4v) is 1.99. The molecule has 0 fully saturated rings. The molecule has 2 heterocycles. The minimum absolute atomic E-state index is 0.00800. The molecule has 0 aliphatic carbocycles. The van der Waals surface area contributed by atoms with E-state index >= 15 is 0 Å². The second kappa shape index (κ2) is 5.96. The highest BCUT2D eigenvalue weighted by atomic mass is 35.5. The summed E-state index contributed by atoms with van der Waals surface area (Å²) in [6.07, 6.45) is 3.04. The van der Waals surface area contributed by atoms with Gasteiger partial charge < -0.3 is 10.5 Å². The Morgan fingerprint density at radius 1 is 1.55 bits per heavy atom. The van der Waals surface area contributed by atoms with Crippen molar-refractivity contribution >= 4 is 23.3 Å².